The van der Waals surface area contributed by atoms with Gasteiger partial charge in [0, 0.05) is 6.07 Å². The van der Waals surface area contributed by atoms with Gasteiger partial charge >= 0.3 is 0 Å². The normalized spacial score (nSPS) is 11.2. The van der Waals surface area contributed by atoms with E-state index in [9.17, 15) is 4.79 Å². The fourth-order valence-electron chi connectivity index (χ4n) is 3.56. The van der Waals surface area contributed by atoms with Gasteiger partial charge in [0.25, 0.3) is 5.91 Å². The third kappa shape index (κ3) is 3.25. The molecule has 5 aromatic rings. The van der Waals surface area contributed by atoms with Crippen LogP contribution in [0.4, 0.5) is 5.82 Å². The molecule has 0 bridgehead atoms. The van der Waals surface area contributed by atoms with Crippen LogP contribution in [0.15, 0.2) is 59.6 Å². The molecule has 1 aromatic carbocycles. The summed E-state index contributed by atoms with van der Waals surface area (Å²) in [6.45, 7) is 5.93. The smallest absolute Gasteiger partial charge is 0.292 e. The molecule has 4 heterocycles. The molecule has 4 aromatic heterocycles. The molecule has 0 saturated carbocycles. The predicted octanol–water partition coefficient (Wildman–Crippen LogP) is 3.77. The maximum Gasteiger partial charge on any atom is 0.292 e. The summed E-state index contributed by atoms with van der Waals surface area (Å²) in [5.74, 6) is 0.824. The zero-order chi connectivity index (χ0) is 21.5. The highest BCUT2D eigenvalue weighted by molar-refractivity contribution is 6.02. The molecule has 0 aliphatic carbocycles. The van der Waals surface area contributed by atoms with E-state index in [2.05, 4.69) is 38.5 Å². The van der Waals surface area contributed by atoms with Gasteiger partial charge in [-0.3, -0.25) is 4.79 Å². The number of anilines is 1. The molecule has 154 valence electrons. The Hall–Kier alpha value is -4.27. The second-order valence-corrected chi connectivity index (χ2v) is 7.30. The monoisotopic (exact) mass is 413 g/mol. The average molecular weight is 413 g/mol. The first-order valence-corrected chi connectivity index (χ1v) is 9.69. The molecule has 0 unspecified atom stereocenters. The number of carbonyl (C=O) groups is 1. The van der Waals surface area contributed by atoms with Crippen molar-refractivity contribution in [3.63, 3.8) is 0 Å². The van der Waals surface area contributed by atoms with E-state index in [0.717, 1.165) is 16.9 Å². The van der Waals surface area contributed by atoms with Crippen molar-refractivity contribution in [2.75, 3.05) is 5.32 Å². The van der Waals surface area contributed by atoms with Crippen LogP contribution in [0, 0.1) is 20.8 Å². The quantitative estimate of drug-likeness (QED) is 0.481. The molecule has 0 aliphatic rings. The van der Waals surface area contributed by atoms with Crippen molar-refractivity contribution in [1.82, 2.24) is 29.5 Å². The second-order valence-electron chi connectivity index (χ2n) is 7.30. The minimum Gasteiger partial charge on any atom is -0.459 e. The largest absolute Gasteiger partial charge is 0.459 e. The molecule has 0 radical (unpaired) electrons. The number of aryl methyl sites for hydroxylation is 3. The Balaban J connectivity index is 1.61. The predicted molar refractivity (Wildman–Crippen MR) is 115 cm³/mol. The van der Waals surface area contributed by atoms with Gasteiger partial charge in [-0.2, -0.15) is 14.9 Å². The molecule has 0 atom stereocenters. The van der Waals surface area contributed by atoms with Gasteiger partial charge in [0.2, 0.25) is 0 Å². The van der Waals surface area contributed by atoms with Gasteiger partial charge in [0.15, 0.2) is 17.2 Å². The molecule has 0 saturated heterocycles. The zero-order valence-corrected chi connectivity index (χ0v) is 17.2. The first-order valence-electron chi connectivity index (χ1n) is 9.69. The van der Waals surface area contributed by atoms with Crippen LogP contribution in [0.3, 0.4) is 0 Å². The molecule has 1 N–H and O–H groups in total. The van der Waals surface area contributed by atoms with Crippen LogP contribution in [-0.4, -0.2) is 35.4 Å². The van der Waals surface area contributed by atoms with Crippen LogP contribution in [0.2, 0.25) is 0 Å². The maximum absolute atomic E-state index is 12.5. The zero-order valence-electron chi connectivity index (χ0n) is 17.2. The number of nitrogens with one attached hydrogen (secondary N) is 1. The van der Waals surface area contributed by atoms with Gasteiger partial charge in [-0.1, -0.05) is 17.7 Å². The van der Waals surface area contributed by atoms with Crippen LogP contribution >= 0.6 is 0 Å². The Kier molecular flexibility index (Phi) is 4.36. The minimum absolute atomic E-state index is 0.209. The van der Waals surface area contributed by atoms with Crippen LogP contribution in [-0.2, 0) is 0 Å². The van der Waals surface area contributed by atoms with Crippen molar-refractivity contribution in [3.8, 4) is 11.5 Å². The highest BCUT2D eigenvalue weighted by atomic mass is 16.3. The number of benzene rings is 1. The number of rotatable bonds is 4. The highest BCUT2D eigenvalue weighted by Gasteiger charge is 2.19. The number of fused-ring (bicyclic) bond motifs is 1. The minimum atomic E-state index is -0.373. The average Bonchev–Trinajstić information content (AvgIpc) is 3.48. The molecular weight excluding hydrogens is 394 g/mol. The first kappa shape index (κ1) is 18.7. The number of nitrogens with zero attached hydrogens (tertiary/aromatic N) is 6. The Bertz CT molecular complexity index is 1410. The summed E-state index contributed by atoms with van der Waals surface area (Å²) in [6.07, 6.45) is 4.63. The Morgan fingerprint density at radius 3 is 2.71 bits per heavy atom. The second kappa shape index (κ2) is 7.21. The van der Waals surface area contributed by atoms with Crippen molar-refractivity contribution in [1.29, 1.82) is 0 Å². The van der Waals surface area contributed by atoms with Gasteiger partial charge in [-0.15, -0.1) is 0 Å². The lowest BCUT2D eigenvalue weighted by Crippen LogP contribution is -2.15. The lowest BCUT2D eigenvalue weighted by atomic mass is 10.1. The SMILES string of the molecule is Cc1ccc(-n2ncc3c(-n4nc(C)cc4NC(=O)c4ccco4)ncnc32)c(C)c1. The summed E-state index contributed by atoms with van der Waals surface area (Å²) in [7, 11) is 0. The number of aromatic nitrogens is 6. The number of hydrogen-bond donors (Lipinski definition) is 1. The molecule has 9 nitrogen and oxygen atoms in total. The van der Waals surface area contributed by atoms with E-state index in [0.29, 0.717) is 22.7 Å². The number of carbonyl (C=O) groups excluding carboxylic acids is 1. The van der Waals surface area contributed by atoms with Gasteiger partial charge < -0.3 is 9.73 Å². The summed E-state index contributed by atoms with van der Waals surface area (Å²) in [5, 5.41) is 12.6. The lowest BCUT2D eigenvalue weighted by Gasteiger charge is -2.09. The van der Waals surface area contributed by atoms with Crippen molar-refractivity contribution < 1.29 is 9.21 Å². The molecule has 0 fully saturated rings. The van der Waals surface area contributed by atoms with Crippen molar-refractivity contribution in [3.05, 3.63) is 77.8 Å². The third-order valence-corrected chi connectivity index (χ3v) is 4.94. The standard InChI is InChI=1S/C22H19N7O2/c1-13-6-7-17(14(2)9-13)28-20-16(11-25-28)21(24-12-23-20)29-19(10-15(3)27-29)26-22(30)18-5-4-8-31-18/h4-12H,1-3H3,(H,26,30). The van der Waals surface area contributed by atoms with E-state index in [1.54, 1.807) is 33.8 Å². The molecule has 0 aliphatic heterocycles. The van der Waals surface area contributed by atoms with Crippen molar-refractivity contribution in [2.45, 2.75) is 20.8 Å². The summed E-state index contributed by atoms with van der Waals surface area (Å²) < 4.78 is 8.54. The summed E-state index contributed by atoms with van der Waals surface area (Å²) in [4.78, 5) is 21.4. The van der Waals surface area contributed by atoms with E-state index in [1.165, 1.54) is 18.2 Å². The van der Waals surface area contributed by atoms with E-state index in [-0.39, 0.29) is 11.7 Å². The molecule has 0 spiro atoms. The fourth-order valence-corrected chi connectivity index (χ4v) is 3.56. The van der Waals surface area contributed by atoms with Crippen LogP contribution in [0.25, 0.3) is 22.5 Å². The summed E-state index contributed by atoms with van der Waals surface area (Å²) in [5.41, 5.74) is 4.58. The van der Waals surface area contributed by atoms with E-state index in [1.807, 2.05) is 26.0 Å². The van der Waals surface area contributed by atoms with Crippen LogP contribution in [0.5, 0.6) is 0 Å². The number of furan rings is 1. The molecule has 31 heavy (non-hydrogen) atoms. The topological polar surface area (TPSA) is 104 Å². The fraction of sp³-hybridized carbons (Fsp3) is 0.136. The summed E-state index contributed by atoms with van der Waals surface area (Å²) in [6, 6.07) is 11.2. The number of amides is 1. The summed E-state index contributed by atoms with van der Waals surface area (Å²) >= 11 is 0. The Morgan fingerprint density at radius 1 is 1.06 bits per heavy atom. The van der Waals surface area contributed by atoms with Gasteiger partial charge in [-0.05, 0) is 44.5 Å². The Morgan fingerprint density at radius 2 is 1.94 bits per heavy atom. The Labute approximate surface area is 177 Å². The first-order chi connectivity index (χ1) is 15.0. The molecule has 9 heteroatoms. The number of hydrogen-bond acceptors (Lipinski definition) is 6. The molecule has 5 rings (SSSR count). The van der Waals surface area contributed by atoms with Gasteiger partial charge in [0.1, 0.15) is 12.1 Å². The van der Waals surface area contributed by atoms with Crippen molar-refractivity contribution in [2.24, 2.45) is 0 Å². The highest BCUT2D eigenvalue weighted by Crippen LogP contribution is 2.25. The maximum atomic E-state index is 12.5. The van der Waals surface area contributed by atoms with E-state index < -0.39 is 0 Å². The van der Waals surface area contributed by atoms with Crippen LogP contribution < -0.4 is 5.32 Å². The third-order valence-electron chi connectivity index (χ3n) is 4.94. The van der Waals surface area contributed by atoms with Gasteiger partial charge in [0.05, 0.1) is 29.2 Å². The van der Waals surface area contributed by atoms with Gasteiger partial charge in [-0.25, -0.2) is 14.6 Å². The van der Waals surface area contributed by atoms with Crippen molar-refractivity contribution >= 4 is 22.8 Å². The molecule has 1 amide bonds. The van der Waals surface area contributed by atoms with E-state index >= 15 is 0 Å². The molecular formula is C22H19N7O2. The lowest BCUT2D eigenvalue weighted by molar-refractivity contribution is 0.0996. The van der Waals surface area contributed by atoms with Crippen LogP contribution in [0.1, 0.15) is 27.4 Å². The van der Waals surface area contributed by atoms with E-state index in [4.69, 9.17) is 4.42 Å².